The molecule has 2 aromatic carbocycles. The summed E-state index contributed by atoms with van der Waals surface area (Å²) in [7, 11) is 0. The van der Waals surface area contributed by atoms with Gasteiger partial charge in [-0.05, 0) is 74.2 Å². The highest BCUT2D eigenvalue weighted by Crippen LogP contribution is 2.32. The number of aryl methyl sites for hydroxylation is 1. The Balaban J connectivity index is 0.000000283. The molecule has 0 aromatic heterocycles. The van der Waals surface area contributed by atoms with Crippen molar-refractivity contribution in [2.24, 2.45) is 5.73 Å². The Labute approximate surface area is 164 Å². The lowest BCUT2D eigenvalue weighted by molar-refractivity contribution is -0.139. The van der Waals surface area contributed by atoms with Crippen LogP contribution >= 0.6 is 0 Å². The van der Waals surface area contributed by atoms with Crippen LogP contribution in [0.2, 0.25) is 0 Å². The molecule has 2 aromatic rings. The SMILES string of the molecule is CCCC(C(=O)O)c1cc(O)ccc1O.NCCCCc1cc(O)ccc1O. The molecule has 7 heteroatoms. The van der Waals surface area contributed by atoms with Crippen molar-refractivity contribution in [3.8, 4) is 23.0 Å². The first-order valence-electron chi connectivity index (χ1n) is 9.25. The number of benzene rings is 2. The van der Waals surface area contributed by atoms with Crippen LogP contribution in [0.4, 0.5) is 0 Å². The molecule has 0 aliphatic carbocycles. The molecule has 7 N–H and O–H groups in total. The van der Waals surface area contributed by atoms with Crippen LogP contribution in [0.5, 0.6) is 23.0 Å². The minimum atomic E-state index is -0.988. The van der Waals surface area contributed by atoms with Crippen molar-refractivity contribution in [2.45, 2.75) is 44.9 Å². The zero-order chi connectivity index (χ0) is 21.1. The molecule has 0 aliphatic rings. The summed E-state index contributed by atoms with van der Waals surface area (Å²) in [5, 5.41) is 46.3. The van der Waals surface area contributed by atoms with Crippen molar-refractivity contribution >= 4 is 5.97 Å². The maximum atomic E-state index is 11.0. The van der Waals surface area contributed by atoms with E-state index in [1.54, 1.807) is 6.07 Å². The second kappa shape index (κ2) is 11.7. The predicted octanol–water partition coefficient (Wildman–Crippen LogP) is 3.45. The Morgan fingerprint density at radius 2 is 1.57 bits per heavy atom. The van der Waals surface area contributed by atoms with E-state index in [0.29, 0.717) is 19.4 Å². The predicted molar refractivity (Wildman–Crippen MR) is 107 cm³/mol. The van der Waals surface area contributed by atoms with Crippen LogP contribution in [0.1, 0.15) is 49.7 Å². The standard InChI is InChI=1S/C11H14O4.C10H15NO2/c1-2-3-8(11(14)15)9-6-7(12)4-5-10(9)13;11-6-2-1-3-8-7-9(12)4-5-10(8)13/h4-6,8,12-13H,2-3H2,1H3,(H,14,15);4-5,7,12-13H,1-3,6,11H2. The van der Waals surface area contributed by atoms with Gasteiger partial charge in [0.25, 0.3) is 0 Å². The fourth-order valence-corrected chi connectivity index (χ4v) is 2.75. The summed E-state index contributed by atoms with van der Waals surface area (Å²) in [6.45, 7) is 2.54. The second-order valence-electron chi connectivity index (χ2n) is 6.48. The van der Waals surface area contributed by atoms with Crippen LogP contribution in [0.15, 0.2) is 36.4 Å². The zero-order valence-corrected chi connectivity index (χ0v) is 16.0. The van der Waals surface area contributed by atoms with Gasteiger partial charge in [-0.2, -0.15) is 0 Å². The van der Waals surface area contributed by atoms with Crippen molar-refractivity contribution in [1.29, 1.82) is 0 Å². The molecule has 154 valence electrons. The first-order chi connectivity index (χ1) is 13.3. The van der Waals surface area contributed by atoms with E-state index in [9.17, 15) is 20.1 Å². The van der Waals surface area contributed by atoms with Gasteiger partial charge in [0.05, 0.1) is 5.92 Å². The van der Waals surface area contributed by atoms with Crippen LogP contribution in [0.3, 0.4) is 0 Å². The van der Waals surface area contributed by atoms with Crippen LogP contribution in [0.25, 0.3) is 0 Å². The van der Waals surface area contributed by atoms with E-state index in [0.717, 1.165) is 24.8 Å². The van der Waals surface area contributed by atoms with Crippen molar-refractivity contribution in [1.82, 2.24) is 0 Å². The molecule has 1 atom stereocenters. The molecule has 0 amide bonds. The largest absolute Gasteiger partial charge is 0.508 e. The maximum Gasteiger partial charge on any atom is 0.311 e. The van der Waals surface area contributed by atoms with Crippen molar-refractivity contribution in [3.05, 3.63) is 47.5 Å². The average Bonchev–Trinajstić information content (AvgIpc) is 2.65. The first-order valence-corrected chi connectivity index (χ1v) is 9.25. The van der Waals surface area contributed by atoms with Gasteiger partial charge in [0.2, 0.25) is 0 Å². The van der Waals surface area contributed by atoms with Gasteiger partial charge in [-0.25, -0.2) is 0 Å². The lowest BCUT2D eigenvalue weighted by Crippen LogP contribution is -2.11. The normalized spacial score (nSPS) is 11.4. The fourth-order valence-electron chi connectivity index (χ4n) is 2.75. The lowest BCUT2D eigenvalue weighted by atomic mass is 9.93. The highest BCUT2D eigenvalue weighted by molar-refractivity contribution is 5.77. The van der Waals surface area contributed by atoms with Crippen molar-refractivity contribution in [3.63, 3.8) is 0 Å². The topological polar surface area (TPSA) is 144 Å². The summed E-state index contributed by atoms with van der Waals surface area (Å²) in [6, 6.07) is 8.49. The number of rotatable bonds is 8. The van der Waals surface area contributed by atoms with Crippen molar-refractivity contribution in [2.75, 3.05) is 6.54 Å². The number of carboxylic acid groups (broad SMARTS) is 1. The van der Waals surface area contributed by atoms with Gasteiger partial charge >= 0.3 is 5.97 Å². The number of aliphatic carboxylic acids is 1. The summed E-state index contributed by atoms with van der Waals surface area (Å²) < 4.78 is 0. The second-order valence-corrected chi connectivity index (χ2v) is 6.48. The summed E-state index contributed by atoms with van der Waals surface area (Å²) in [5.41, 5.74) is 6.40. The molecule has 0 spiro atoms. The van der Waals surface area contributed by atoms with E-state index >= 15 is 0 Å². The van der Waals surface area contributed by atoms with Gasteiger partial charge in [0, 0.05) is 5.56 Å². The Morgan fingerprint density at radius 3 is 2.14 bits per heavy atom. The van der Waals surface area contributed by atoms with E-state index in [2.05, 4.69) is 0 Å². The molecule has 1 unspecified atom stereocenters. The number of phenols is 4. The smallest absolute Gasteiger partial charge is 0.311 e. The molecule has 0 aliphatic heterocycles. The van der Waals surface area contributed by atoms with E-state index in [4.69, 9.17) is 15.9 Å². The van der Waals surface area contributed by atoms with Gasteiger partial charge < -0.3 is 31.3 Å². The Kier molecular flexibility index (Phi) is 9.67. The minimum absolute atomic E-state index is 0.0369. The molecule has 0 radical (unpaired) electrons. The van der Waals surface area contributed by atoms with Gasteiger partial charge in [-0.1, -0.05) is 13.3 Å². The number of carbonyl (C=O) groups is 1. The highest BCUT2D eigenvalue weighted by atomic mass is 16.4. The molecule has 0 bridgehead atoms. The maximum absolute atomic E-state index is 11.0. The minimum Gasteiger partial charge on any atom is -0.508 e. The van der Waals surface area contributed by atoms with E-state index in [1.807, 2.05) is 6.92 Å². The molecule has 0 saturated heterocycles. The molecular weight excluding hydrogens is 362 g/mol. The van der Waals surface area contributed by atoms with Gasteiger partial charge in [-0.3, -0.25) is 4.79 Å². The third-order valence-corrected chi connectivity index (χ3v) is 4.23. The molecular formula is C21H29NO6. The number of hydrogen-bond acceptors (Lipinski definition) is 6. The third-order valence-electron chi connectivity index (χ3n) is 4.23. The number of nitrogens with two attached hydrogens (primary N) is 1. The van der Waals surface area contributed by atoms with E-state index < -0.39 is 11.9 Å². The van der Waals surface area contributed by atoms with Crippen LogP contribution in [-0.2, 0) is 11.2 Å². The van der Waals surface area contributed by atoms with Crippen molar-refractivity contribution < 1.29 is 30.3 Å². The molecule has 28 heavy (non-hydrogen) atoms. The third kappa shape index (κ3) is 7.36. The van der Waals surface area contributed by atoms with E-state index in [-0.39, 0.29) is 28.6 Å². The summed E-state index contributed by atoms with van der Waals surface area (Å²) in [5.74, 6) is -1.44. The lowest BCUT2D eigenvalue weighted by Gasteiger charge is -2.13. The van der Waals surface area contributed by atoms with Crippen LogP contribution < -0.4 is 5.73 Å². The molecule has 0 heterocycles. The molecule has 7 nitrogen and oxygen atoms in total. The number of unbranched alkanes of at least 4 members (excludes halogenated alkanes) is 1. The van der Waals surface area contributed by atoms with Gasteiger partial charge in [0.1, 0.15) is 23.0 Å². The number of aromatic hydroxyl groups is 4. The molecule has 2 rings (SSSR count). The Hall–Kier alpha value is -2.93. The number of carboxylic acids is 1. The van der Waals surface area contributed by atoms with Gasteiger partial charge in [-0.15, -0.1) is 0 Å². The monoisotopic (exact) mass is 391 g/mol. The summed E-state index contributed by atoms with van der Waals surface area (Å²) >= 11 is 0. The Bertz CT molecular complexity index is 763. The van der Waals surface area contributed by atoms with E-state index in [1.165, 1.54) is 30.3 Å². The Morgan fingerprint density at radius 1 is 0.964 bits per heavy atom. The van der Waals surface area contributed by atoms with Crippen LogP contribution in [0, 0.1) is 0 Å². The molecule has 0 fully saturated rings. The fraction of sp³-hybridized carbons (Fsp3) is 0.381. The summed E-state index contributed by atoms with van der Waals surface area (Å²) in [4.78, 5) is 11.0. The first kappa shape index (κ1) is 23.1. The average molecular weight is 391 g/mol. The zero-order valence-electron chi connectivity index (χ0n) is 16.0. The number of phenolic OH excluding ortho intramolecular Hbond substituents is 4. The van der Waals surface area contributed by atoms with Crippen LogP contribution in [-0.4, -0.2) is 38.0 Å². The molecule has 0 saturated carbocycles. The quantitative estimate of drug-likeness (QED) is 0.299. The van der Waals surface area contributed by atoms with Gasteiger partial charge in [0.15, 0.2) is 0 Å². The summed E-state index contributed by atoms with van der Waals surface area (Å²) in [6.07, 6.45) is 3.78. The highest BCUT2D eigenvalue weighted by Gasteiger charge is 2.22. The number of hydrogen-bond donors (Lipinski definition) is 6.